The molecule has 2 aromatic heterocycles. The summed E-state index contributed by atoms with van der Waals surface area (Å²) < 4.78 is 6.16. The van der Waals surface area contributed by atoms with E-state index in [2.05, 4.69) is 31.1 Å². The molecule has 0 N–H and O–H groups in total. The zero-order valence-electron chi connectivity index (χ0n) is 17.2. The molecule has 0 aliphatic heterocycles. The Morgan fingerprint density at radius 1 is 1.34 bits per heavy atom. The SMILES string of the molecule is COC(=O)c1cccc(Cn2nnc3sc4c(c3c2=O)CC[C@H](C(C)(C)C)C4)c1. The van der Waals surface area contributed by atoms with Gasteiger partial charge in [-0.2, -0.15) is 0 Å². The van der Waals surface area contributed by atoms with Gasteiger partial charge in [-0.3, -0.25) is 4.79 Å². The first-order valence-electron chi connectivity index (χ1n) is 9.83. The van der Waals surface area contributed by atoms with Crippen LogP contribution < -0.4 is 5.56 Å². The molecule has 1 aromatic carbocycles. The third-order valence-electron chi connectivity index (χ3n) is 5.84. The lowest BCUT2D eigenvalue weighted by Gasteiger charge is -2.33. The molecule has 0 saturated carbocycles. The van der Waals surface area contributed by atoms with E-state index in [4.69, 9.17) is 4.74 Å². The Hall–Kier alpha value is -2.54. The minimum atomic E-state index is -0.402. The number of carbonyl (C=O) groups excluding carboxylic acids is 1. The average molecular weight is 412 g/mol. The molecule has 6 nitrogen and oxygen atoms in total. The van der Waals surface area contributed by atoms with Crippen LogP contribution in [0.3, 0.4) is 0 Å². The molecule has 0 amide bonds. The highest BCUT2D eigenvalue weighted by molar-refractivity contribution is 7.18. The fraction of sp³-hybridized carbons (Fsp3) is 0.455. The first kappa shape index (κ1) is 19.8. The highest BCUT2D eigenvalue weighted by atomic mass is 32.1. The van der Waals surface area contributed by atoms with Gasteiger partial charge in [-0.25, -0.2) is 9.48 Å². The van der Waals surface area contributed by atoms with Crippen molar-refractivity contribution < 1.29 is 9.53 Å². The first-order valence-corrected chi connectivity index (χ1v) is 10.6. The number of fused-ring (bicyclic) bond motifs is 3. The van der Waals surface area contributed by atoms with E-state index in [9.17, 15) is 9.59 Å². The third kappa shape index (κ3) is 3.71. The van der Waals surface area contributed by atoms with E-state index in [1.165, 1.54) is 16.7 Å². The molecule has 0 radical (unpaired) electrons. The molecule has 0 spiro atoms. The summed E-state index contributed by atoms with van der Waals surface area (Å²) in [7, 11) is 1.35. The Balaban J connectivity index is 1.69. The second-order valence-electron chi connectivity index (χ2n) is 8.73. The summed E-state index contributed by atoms with van der Waals surface area (Å²) in [4.78, 5) is 27.0. The molecule has 1 aliphatic rings. The van der Waals surface area contributed by atoms with Crippen LogP contribution >= 0.6 is 11.3 Å². The Morgan fingerprint density at radius 3 is 2.86 bits per heavy atom. The van der Waals surface area contributed by atoms with Gasteiger partial charge >= 0.3 is 5.97 Å². The zero-order chi connectivity index (χ0) is 20.8. The number of aromatic nitrogens is 3. The van der Waals surface area contributed by atoms with E-state index in [1.54, 1.807) is 29.5 Å². The number of nitrogens with zero attached hydrogens (tertiary/aromatic N) is 3. The maximum Gasteiger partial charge on any atom is 0.337 e. The van der Waals surface area contributed by atoms with Crippen LogP contribution in [-0.4, -0.2) is 28.1 Å². The van der Waals surface area contributed by atoms with E-state index in [0.29, 0.717) is 11.5 Å². The smallest absolute Gasteiger partial charge is 0.337 e. The van der Waals surface area contributed by atoms with Crippen molar-refractivity contribution >= 4 is 27.5 Å². The van der Waals surface area contributed by atoms with Crippen molar-refractivity contribution in [3.8, 4) is 0 Å². The molecule has 2 heterocycles. The first-order chi connectivity index (χ1) is 13.8. The van der Waals surface area contributed by atoms with Crippen LogP contribution in [-0.2, 0) is 24.1 Å². The lowest BCUT2D eigenvalue weighted by molar-refractivity contribution is 0.0600. The van der Waals surface area contributed by atoms with Crippen molar-refractivity contribution in [2.75, 3.05) is 7.11 Å². The molecule has 7 heteroatoms. The molecule has 1 aliphatic carbocycles. The number of aryl methyl sites for hydroxylation is 1. The van der Waals surface area contributed by atoms with Crippen LogP contribution in [0, 0.1) is 11.3 Å². The predicted molar refractivity (Wildman–Crippen MR) is 114 cm³/mol. The summed E-state index contributed by atoms with van der Waals surface area (Å²) in [5, 5.41) is 9.22. The van der Waals surface area contributed by atoms with E-state index in [-0.39, 0.29) is 17.5 Å². The van der Waals surface area contributed by atoms with Crippen LogP contribution in [0.4, 0.5) is 0 Å². The summed E-state index contributed by atoms with van der Waals surface area (Å²) in [5.41, 5.74) is 2.56. The van der Waals surface area contributed by atoms with Crippen LogP contribution in [0.2, 0.25) is 0 Å². The fourth-order valence-electron chi connectivity index (χ4n) is 4.06. The molecule has 152 valence electrons. The van der Waals surface area contributed by atoms with Gasteiger partial charge in [0.1, 0.15) is 0 Å². The molecule has 0 bridgehead atoms. The van der Waals surface area contributed by atoms with Crippen molar-refractivity contribution in [3.05, 3.63) is 56.2 Å². The van der Waals surface area contributed by atoms with Gasteiger partial charge in [-0.05, 0) is 53.9 Å². The largest absolute Gasteiger partial charge is 0.465 e. The summed E-state index contributed by atoms with van der Waals surface area (Å²) in [6.07, 6.45) is 3.00. The summed E-state index contributed by atoms with van der Waals surface area (Å²) >= 11 is 1.61. The molecule has 4 rings (SSSR count). The molecular formula is C22H25N3O3S. The van der Waals surface area contributed by atoms with Crippen molar-refractivity contribution in [2.45, 2.75) is 46.6 Å². The number of methoxy groups -OCH3 is 1. The fourth-order valence-corrected chi connectivity index (χ4v) is 5.29. The van der Waals surface area contributed by atoms with Gasteiger partial charge in [0, 0.05) is 4.88 Å². The second kappa shape index (κ2) is 7.37. The zero-order valence-corrected chi connectivity index (χ0v) is 18.0. The van der Waals surface area contributed by atoms with Crippen molar-refractivity contribution in [3.63, 3.8) is 0 Å². The normalized spacial score (nSPS) is 16.6. The van der Waals surface area contributed by atoms with E-state index in [1.807, 2.05) is 6.07 Å². The lowest BCUT2D eigenvalue weighted by atomic mass is 9.72. The number of esters is 1. The predicted octanol–water partition coefficient (Wildman–Crippen LogP) is 3.84. The van der Waals surface area contributed by atoms with Crippen molar-refractivity contribution in [1.82, 2.24) is 15.0 Å². The van der Waals surface area contributed by atoms with Crippen molar-refractivity contribution in [1.29, 1.82) is 0 Å². The van der Waals surface area contributed by atoms with Crippen LogP contribution in [0.15, 0.2) is 29.1 Å². The van der Waals surface area contributed by atoms with Crippen molar-refractivity contribution in [2.24, 2.45) is 11.3 Å². The number of thiophene rings is 1. The Bertz CT molecular complexity index is 1140. The topological polar surface area (TPSA) is 74.1 Å². The van der Waals surface area contributed by atoms with Crippen LogP contribution in [0.5, 0.6) is 0 Å². The summed E-state index contributed by atoms with van der Waals surface area (Å²) in [6.45, 7) is 7.11. The van der Waals surface area contributed by atoms with Gasteiger partial charge in [0.05, 0.1) is 24.6 Å². The molecule has 0 unspecified atom stereocenters. The highest BCUT2D eigenvalue weighted by Gasteiger charge is 2.31. The molecule has 0 fully saturated rings. The molecule has 1 atom stereocenters. The maximum absolute atomic E-state index is 13.2. The van der Waals surface area contributed by atoms with Crippen LogP contribution in [0.1, 0.15) is 53.6 Å². The number of hydrogen-bond donors (Lipinski definition) is 0. The minimum absolute atomic E-state index is 0.106. The lowest BCUT2D eigenvalue weighted by Crippen LogP contribution is -2.28. The number of benzene rings is 1. The highest BCUT2D eigenvalue weighted by Crippen LogP contribution is 2.41. The number of hydrogen-bond acceptors (Lipinski definition) is 6. The van der Waals surface area contributed by atoms with E-state index in [0.717, 1.165) is 40.6 Å². The molecular weight excluding hydrogens is 386 g/mol. The van der Waals surface area contributed by atoms with E-state index < -0.39 is 5.97 Å². The Kier molecular flexibility index (Phi) is 5.02. The third-order valence-corrected chi connectivity index (χ3v) is 6.98. The number of rotatable bonds is 3. The Morgan fingerprint density at radius 2 is 2.14 bits per heavy atom. The van der Waals surface area contributed by atoms with Gasteiger partial charge in [0.2, 0.25) is 0 Å². The van der Waals surface area contributed by atoms with E-state index >= 15 is 0 Å². The minimum Gasteiger partial charge on any atom is -0.465 e. The van der Waals surface area contributed by atoms with Crippen LogP contribution in [0.25, 0.3) is 10.2 Å². The summed E-state index contributed by atoms with van der Waals surface area (Å²) in [5.74, 6) is 0.209. The number of carbonyl (C=O) groups is 1. The van der Waals surface area contributed by atoms with Gasteiger partial charge in [0.15, 0.2) is 4.83 Å². The van der Waals surface area contributed by atoms with Gasteiger partial charge in [-0.15, -0.1) is 16.4 Å². The van der Waals surface area contributed by atoms with Gasteiger partial charge < -0.3 is 4.74 Å². The second-order valence-corrected chi connectivity index (χ2v) is 9.82. The molecule has 29 heavy (non-hydrogen) atoms. The monoisotopic (exact) mass is 411 g/mol. The van der Waals surface area contributed by atoms with Gasteiger partial charge in [-0.1, -0.05) is 38.1 Å². The molecule has 0 saturated heterocycles. The van der Waals surface area contributed by atoms with Gasteiger partial charge in [0.25, 0.3) is 5.56 Å². The average Bonchev–Trinajstić information content (AvgIpc) is 3.07. The number of ether oxygens (including phenoxy) is 1. The summed E-state index contributed by atoms with van der Waals surface area (Å²) in [6, 6.07) is 7.05. The quantitative estimate of drug-likeness (QED) is 0.612. The molecule has 3 aromatic rings. The Labute approximate surface area is 173 Å². The standard InChI is InChI=1S/C22H25N3O3S/c1-22(2,3)15-8-9-16-17(11-15)29-19-18(16)20(26)25(24-23-19)12-13-6-5-7-14(10-13)21(27)28-4/h5-7,10,15H,8-9,11-12H2,1-4H3/t15-/m0/s1. The maximum atomic E-state index is 13.2.